The molecule has 1 spiro atoms. The molecule has 0 radical (unpaired) electrons. The molecule has 3 rings (SSSR count). The van der Waals surface area contributed by atoms with Crippen molar-refractivity contribution in [3.63, 3.8) is 0 Å². The Morgan fingerprint density at radius 3 is 2.69 bits per heavy atom. The summed E-state index contributed by atoms with van der Waals surface area (Å²) in [5.74, 6) is 2.31. The van der Waals surface area contributed by atoms with Crippen molar-refractivity contribution in [2.24, 2.45) is 10.9 Å². The van der Waals surface area contributed by atoms with E-state index in [2.05, 4.69) is 27.0 Å². The first-order valence-electron chi connectivity index (χ1n) is 9.78. The van der Waals surface area contributed by atoms with Crippen LogP contribution in [0, 0.1) is 5.92 Å². The lowest BCUT2D eigenvalue weighted by molar-refractivity contribution is -0.143. The summed E-state index contributed by atoms with van der Waals surface area (Å²) >= 11 is 2.13. The van der Waals surface area contributed by atoms with E-state index < -0.39 is 12.7 Å². The SMILES string of the molecule is CN=C(NCC1CCN(CC(F)(F)F)C1)N1CCSC2(CCCCC2)C1. The normalized spacial score (nSPS) is 27.9. The number of rotatable bonds is 3. The molecular formula is C18H31F3N4S. The lowest BCUT2D eigenvalue weighted by Crippen LogP contribution is -2.54. The van der Waals surface area contributed by atoms with Gasteiger partial charge in [0, 0.05) is 43.7 Å². The van der Waals surface area contributed by atoms with Gasteiger partial charge in [-0.2, -0.15) is 24.9 Å². The lowest BCUT2D eigenvalue weighted by atomic mass is 9.87. The first-order chi connectivity index (χ1) is 12.4. The fourth-order valence-corrected chi connectivity index (χ4v) is 6.14. The van der Waals surface area contributed by atoms with Crippen molar-refractivity contribution in [2.45, 2.75) is 49.4 Å². The maximum Gasteiger partial charge on any atom is 0.401 e. The number of guanidine groups is 1. The molecule has 0 bridgehead atoms. The average Bonchev–Trinajstić information content (AvgIpc) is 3.02. The van der Waals surface area contributed by atoms with Crippen molar-refractivity contribution in [3.05, 3.63) is 0 Å². The molecule has 2 heterocycles. The van der Waals surface area contributed by atoms with E-state index in [-0.39, 0.29) is 5.92 Å². The Bertz CT molecular complexity index is 486. The van der Waals surface area contributed by atoms with Gasteiger partial charge in [0.2, 0.25) is 0 Å². The highest BCUT2D eigenvalue weighted by Gasteiger charge is 2.38. The monoisotopic (exact) mass is 392 g/mol. The predicted molar refractivity (Wildman–Crippen MR) is 102 cm³/mol. The largest absolute Gasteiger partial charge is 0.401 e. The third-order valence-electron chi connectivity index (χ3n) is 5.85. The summed E-state index contributed by atoms with van der Waals surface area (Å²) in [6.45, 7) is 3.01. The Balaban J connectivity index is 1.48. The Morgan fingerprint density at radius 1 is 1.23 bits per heavy atom. The first-order valence-corrected chi connectivity index (χ1v) is 10.8. The van der Waals surface area contributed by atoms with Crippen molar-refractivity contribution in [1.82, 2.24) is 15.1 Å². The Labute approximate surface area is 159 Å². The molecule has 8 heteroatoms. The van der Waals surface area contributed by atoms with E-state index in [1.807, 2.05) is 7.05 Å². The molecule has 26 heavy (non-hydrogen) atoms. The van der Waals surface area contributed by atoms with Crippen LogP contribution < -0.4 is 5.32 Å². The molecular weight excluding hydrogens is 361 g/mol. The minimum atomic E-state index is -4.10. The second-order valence-corrected chi connectivity index (χ2v) is 9.51. The highest BCUT2D eigenvalue weighted by molar-refractivity contribution is 8.00. The van der Waals surface area contributed by atoms with Crippen LogP contribution >= 0.6 is 11.8 Å². The predicted octanol–water partition coefficient (Wildman–Crippen LogP) is 3.20. The van der Waals surface area contributed by atoms with Crippen LogP contribution in [0.25, 0.3) is 0 Å². The molecule has 0 aromatic carbocycles. The van der Waals surface area contributed by atoms with E-state index in [0.29, 0.717) is 24.4 Å². The highest BCUT2D eigenvalue weighted by atomic mass is 32.2. The van der Waals surface area contributed by atoms with Crippen molar-refractivity contribution in [1.29, 1.82) is 0 Å². The first kappa shape index (κ1) is 20.1. The molecule has 0 aromatic rings. The van der Waals surface area contributed by atoms with E-state index in [4.69, 9.17) is 0 Å². The van der Waals surface area contributed by atoms with Crippen molar-refractivity contribution in [2.75, 3.05) is 52.1 Å². The van der Waals surface area contributed by atoms with Crippen molar-refractivity contribution >= 4 is 17.7 Å². The number of halogens is 3. The molecule has 2 aliphatic heterocycles. The van der Waals surface area contributed by atoms with Crippen molar-refractivity contribution < 1.29 is 13.2 Å². The fraction of sp³-hybridized carbons (Fsp3) is 0.944. The standard InChI is InChI=1S/C18H31F3N4S/c1-22-16(23-11-15-5-8-24(12-15)14-18(19,20)21)25-9-10-26-17(13-25)6-3-2-4-7-17/h15H,2-14H2,1H3,(H,22,23). The molecule has 1 N–H and O–H groups in total. The molecule has 0 aromatic heterocycles. The highest BCUT2D eigenvalue weighted by Crippen LogP contribution is 2.42. The van der Waals surface area contributed by atoms with Gasteiger partial charge < -0.3 is 10.2 Å². The quantitative estimate of drug-likeness (QED) is 0.590. The molecule has 1 atom stereocenters. The van der Waals surface area contributed by atoms with Crippen LogP contribution in [0.4, 0.5) is 13.2 Å². The Morgan fingerprint density at radius 2 is 2.00 bits per heavy atom. The second-order valence-electron chi connectivity index (χ2n) is 7.95. The van der Waals surface area contributed by atoms with E-state index in [1.54, 1.807) is 0 Å². The minimum Gasteiger partial charge on any atom is -0.356 e. The van der Waals surface area contributed by atoms with Crippen LogP contribution in [-0.2, 0) is 0 Å². The summed E-state index contributed by atoms with van der Waals surface area (Å²) in [5, 5.41) is 3.45. The summed E-state index contributed by atoms with van der Waals surface area (Å²) in [5.41, 5.74) is 0. The van der Waals surface area contributed by atoms with Crippen LogP contribution in [0.1, 0.15) is 38.5 Å². The van der Waals surface area contributed by atoms with Gasteiger partial charge in [-0.3, -0.25) is 9.89 Å². The molecule has 1 aliphatic carbocycles. The molecule has 1 unspecified atom stereocenters. The van der Waals surface area contributed by atoms with Gasteiger partial charge in [-0.25, -0.2) is 0 Å². The molecule has 2 saturated heterocycles. The second kappa shape index (κ2) is 8.59. The number of hydrogen-bond donors (Lipinski definition) is 1. The van der Waals surface area contributed by atoms with Crippen LogP contribution in [0.3, 0.4) is 0 Å². The topological polar surface area (TPSA) is 30.9 Å². The van der Waals surface area contributed by atoms with Crippen LogP contribution in [-0.4, -0.2) is 78.8 Å². The summed E-state index contributed by atoms with van der Waals surface area (Å²) in [6.07, 6.45) is 3.30. The van der Waals surface area contributed by atoms with Gasteiger partial charge in [0.05, 0.1) is 6.54 Å². The van der Waals surface area contributed by atoms with E-state index in [1.165, 1.54) is 37.0 Å². The number of aliphatic imine (C=N–C) groups is 1. The zero-order valence-corrected chi connectivity index (χ0v) is 16.5. The van der Waals surface area contributed by atoms with Crippen molar-refractivity contribution in [3.8, 4) is 0 Å². The van der Waals surface area contributed by atoms with E-state index >= 15 is 0 Å². The Hall–Kier alpha value is -0.630. The number of hydrogen-bond acceptors (Lipinski definition) is 3. The number of nitrogens with one attached hydrogen (secondary N) is 1. The minimum absolute atomic E-state index is 0.261. The summed E-state index contributed by atoms with van der Waals surface area (Å²) in [4.78, 5) is 8.34. The lowest BCUT2D eigenvalue weighted by Gasteiger charge is -2.45. The average molecular weight is 393 g/mol. The van der Waals surface area contributed by atoms with Gasteiger partial charge in [-0.15, -0.1) is 0 Å². The third kappa shape index (κ3) is 5.44. The molecule has 150 valence electrons. The van der Waals surface area contributed by atoms with Crippen LogP contribution in [0.2, 0.25) is 0 Å². The van der Waals surface area contributed by atoms with Gasteiger partial charge in [-0.05, 0) is 31.7 Å². The molecule has 0 amide bonds. The van der Waals surface area contributed by atoms with Gasteiger partial charge in [0.15, 0.2) is 5.96 Å². The van der Waals surface area contributed by atoms with E-state index in [9.17, 15) is 13.2 Å². The summed E-state index contributed by atoms with van der Waals surface area (Å²) in [6, 6.07) is 0. The molecule has 3 aliphatic rings. The van der Waals surface area contributed by atoms with Gasteiger partial charge >= 0.3 is 6.18 Å². The maximum absolute atomic E-state index is 12.5. The van der Waals surface area contributed by atoms with E-state index in [0.717, 1.165) is 31.2 Å². The number of nitrogens with zero attached hydrogens (tertiary/aromatic N) is 3. The van der Waals surface area contributed by atoms with Crippen LogP contribution in [0.15, 0.2) is 4.99 Å². The summed E-state index contributed by atoms with van der Waals surface area (Å²) < 4.78 is 38.0. The van der Waals surface area contributed by atoms with Gasteiger partial charge in [-0.1, -0.05) is 19.3 Å². The fourth-order valence-electron chi connectivity index (χ4n) is 4.57. The third-order valence-corrected chi connectivity index (χ3v) is 7.38. The van der Waals surface area contributed by atoms with Crippen LogP contribution in [0.5, 0.6) is 0 Å². The van der Waals surface area contributed by atoms with Gasteiger partial charge in [0.1, 0.15) is 0 Å². The number of thioether (sulfide) groups is 1. The Kier molecular flexibility index (Phi) is 6.64. The number of alkyl halides is 3. The maximum atomic E-state index is 12.5. The smallest absolute Gasteiger partial charge is 0.356 e. The molecule has 1 saturated carbocycles. The zero-order chi connectivity index (χ0) is 18.6. The zero-order valence-electron chi connectivity index (χ0n) is 15.7. The van der Waals surface area contributed by atoms with Gasteiger partial charge in [0.25, 0.3) is 0 Å². The molecule has 3 fully saturated rings. The molecule has 4 nitrogen and oxygen atoms in total. The number of likely N-dealkylation sites (tertiary alicyclic amines) is 1. The summed E-state index contributed by atoms with van der Waals surface area (Å²) in [7, 11) is 1.81.